The van der Waals surface area contributed by atoms with Gasteiger partial charge in [-0.3, -0.25) is 0 Å². The van der Waals surface area contributed by atoms with Gasteiger partial charge in [0, 0.05) is 36.7 Å². The van der Waals surface area contributed by atoms with Gasteiger partial charge in [0.05, 0.1) is 5.56 Å². The van der Waals surface area contributed by atoms with E-state index in [0.717, 1.165) is 22.8 Å². The minimum atomic E-state index is -0.883. The Kier molecular flexibility index (Phi) is 3.64. The highest BCUT2D eigenvalue weighted by molar-refractivity contribution is 5.89. The van der Waals surface area contributed by atoms with Crippen molar-refractivity contribution in [2.24, 2.45) is 0 Å². The van der Waals surface area contributed by atoms with Gasteiger partial charge in [0.2, 0.25) is 0 Å². The molecule has 0 aliphatic carbocycles. The quantitative estimate of drug-likeness (QED) is 0.913. The van der Waals surface area contributed by atoms with Gasteiger partial charge >= 0.3 is 5.97 Å². The van der Waals surface area contributed by atoms with Crippen molar-refractivity contribution in [1.29, 1.82) is 0 Å². The predicted octanol–water partition coefficient (Wildman–Crippen LogP) is 2.14. The fourth-order valence-electron chi connectivity index (χ4n) is 2.12. The third-order valence-electron chi connectivity index (χ3n) is 3.20. The molecule has 2 aromatic rings. The molecular weight excluding hydrogens is 242 g/mol. The number of hydrogen-bond donors (Lipinski definition) is 1. The lowest BCUT2D eigenvalue weighted by molar-refractivity contribution is 0.0696. The Morgan fingerprint density at radius 1 is 1.26 bits per heavy atom. The number of aryl methyl sites for hydroxylation is 3. The summed E-state index contributed by atoms with van der Waals surface area (Å²) in [6.45, 7) is 6.37. The highest BCUT2D eigenvalue weighted by Gasteiger charge is 2.14. The summed E-state index contributed by atoms with van der Waals surface area (Å²) in [6, 6.07) is 1.70. The van der Waals surface area contributed by atoms with Gasteiger partial charge in [0.1, 0.15) is 5.82 Å². The van der Waals surface area contributed by atoms with Crippen molar-refractivity contribution >= 4 is 5.97 Å². The van der Waals surface area contributed by atoms with Gasteiger partial charge in [0.15, 0.2) is 0 Å². The molecule has 19 heavy (non-hydrogen) atoms. The second-order valence-corrected chi connectivity index (χ2v) is 4.67. The van der Waals surface area contributed by atoms with Gasteiger partial charge in [-0.2, -0.15) is 0 Å². The second kappa shape index (κ2) is 5.22. The Morgan fingerprint density at radius 3 is 2.42 bits per heavy atom. The maximum Gasteiger partial charge on any atom is 0.337 e. The summed E-state index contributed by atoms with van der Waals surface area (Å²) in [5.74, 6) is -0.110. The van der Waals surface area contributed by atoms with Crippen LogP contribution in [0.3, 0.4) is 0 Å². The summed E-state index contributed by atoms with van der Waals surface area (Å²) in [6.07, 6.45) is 4.27. The fraction of sp³-hybridized carbons (Fsp3) is 0.357. The van der Waals surface area contributed by atoms with E-state index in [1.54, 1.807) is 18.5 Å². The lowest BCUT2D eigenvalue weighted by Crippen LogP contribution is -2.08. The first-order valence-corrected chi connectivity index (χ1v) is 6.16. The van der Waals surface area contributed by atoms with E-state index in [-0.39, 0.29) is 0 Å². The first kappa shape index (κ1) is 13.3. The average molecular weight is 259 g/mol. The Bertz CT molecular complexity index is 600. The van der Waals surface area contributed by atoms with Crippen molar-refractivity contribution in [2.75, 3.05) is 0 Å². The number of hydrogen-bond acceptors (Lipinski definition) is 3. The molecule has 100 valence electrons. The summed E-state index contributed by atoms with van der Waals surface area (Å²) < 4.78 is 1.99. The van der Waals surface area contributed by atoms with E-state index < -0.39 is 5.97 Å². The van der Waals surface area contributed by atoms with Crippen LogP contribution in [0.2, 0.25) is 0 Å². The molecule has 5 heteroatoms. The Balaban J connectivity index is 2.15. The van der Waals surface area contributed by atoms with Gasteiger partial charge in [-0.1, -0.05) is 0 Å². The molecule has 0 unspecified atom stereocenters. The molecule has 0 atom stereocenters. The van der Waals surface area contributed by atoms with Crippen LogP contribution in [0.5, 0.6) is 0 Å². The maximum atomic E-state index is 11.1. The fourth-order valence-corrected chi connectivity index (χ4v) is 2.12. The molecule has 0 radical (unpaired) electrons. The second-order valence-electron chi connectivity index (χ2n) is 4.67. The van der Waals surface area contributed by atoms with Gasteiger partial charge in [-0.15, -0.1) is 0 Å². The van der Waals surface area contributed by atoms with Crippen LogP contribution < -0.4 is 0 Å². The molecule has 0 fully saturated rings. The zero-order valence-corrected chi connectivity index (χ0v) is 11.3. The van der Waals surface area contributed by atoms with E-state index in [4.69, 9.17) is 5.11 Å². The molecule has 0 aliphatic rings. The largest absolute Gasteiger partial charge is 0.478 e. The van der Waals surface area contributed by atoms with Gasteiger partial charge in [-0.25, -0.2) is 14.8 Å². The van der Waals surface area contributed by atoms with Crippen molar-refractivity contribution in [3.8, 4) is 0 Å². The van der Waals surface area contributed by atoms with E-state index in [1.807, 2.05) is 25.3 Å². The Hall–Kier alpha value is -2.17. The highest BCUT2D eigenvalue weighted by Crippen LogP contribution is 2.15. The zero-order valence-electron chi connectivity index (χ0n) is 11.3. The van der Waals surface area contributed by atoms with Crippen LogP contribution >= 0.6 is 0 Å². The maximum absolute atomic E-state index is 11.1. The molecular formula is C14H17N3O2. The SMILES string of the molecule is Cc1cnc(CCn2c(C)cc(C(=O)O)c2C)nc1. The smallest absolute Gasteiger partial charge is 0.337 e. The minimum Gasteiger partial charge on any atom is -0.478 e. The summed E-state index contributed by atoms with van der Waals surface area (Å²) in [5, 5.41) is 9.08. The lowest BCUT2D eigenvalue weighted by atomic mass is 10.2. The van der Waals surface area contributed by atoms with Crippen LogP contribution in [0.25, 0.3) is 0 Å². The Morgan fingerprint density at radius 2 is 1.89 bits per heavy atom. The topological polar surface area (TPSA) is 68.0 Å². The third kappa shape index (κ3) is 2.81. The number of carbonyl (C=O) groups is 1. The monoisotopic (exact) mass is 259 g/mol. The van der Waals surface area contributed by atoms with Crippen LogP contribution in [-0.4, -0.2) is 25.6 Å². The first-order chi connectivity index (χ1) is 8.99. The van der Waals surface area contributed by atoms with Crippen molar-refractivity contribution in [2.45, 2.75) is 33.7 Å². The number of carboxylic acids is 1. The standard InChI is InChI=1S/C14H17N3O2/c1-9-7-15-13(16-8-9)4-5-17-10(2)6-12(11(17)3)14(18)19/h6-8H,4-5H2,1-3H3,(H,18,19). The van der Waals surface area contributed by atoms with Crippen LogP contribution in [0.1, 0.15) is 33.1 Å². The average Bonchev–Trinajstić information content (AvgIpc) is 2.65. The molecule has 2 rings (SSSR count). The van der Waals surface area contributed by atoms with E-state index in [0.29, 0.717) is 18.5 Å². The summed E-state index contributed by atoms with van der Waals surface area (Å²) in [5.41, 5.74) is 3.12. The van der Waals surface area contributed by atoms with Crippen molar-refractivity contribution in [1.82, 2.24) is 14.5 Å². The number of carboxylic acid groups (broad SMARTS) is 1. The van der Waals surface area contributed by atoms with Crippen molar-refractivity contribution in [3.05, 3.63) is 46.8 Å². The van der Waals surface area contributed by atoms with E-state index >= 15 is 0 Å². The molecule has 0 saturated heterocycles. The lowest BCUT2D eigenvalue weighted by Gasteiger charge is -2.08. The molecule has 0 aromatic carbocycles. The summed E-state index contributed by atoms with van der Waals surface area (Å²) in [4.78, 5) is 19.6. The predicted molar refractivity (Wildman–Crippen MR) is 71.3 cm³/mol. The molecule has 0 bridgehead atoms. The van der Waals surface area contributed by atoms with Crippen molar-refractivity contribution < 1.29 is 9.90 Å². The van der Waals surface area contributed by atoms with Gasteiger partial charge < -0.3 is 9.67 Å². The van der Waals surface area contributed by atoms with Crippen LogP contribution in [0.15, 0.2) is 18.5 Å². The minimum absolute atomic E-state index is 0.363. The molecule has 2 aromatic heterocycles. The molecule has 5 nitrogen and oxygen atoms in total. The number of aromatic nitrogens is 3. The number of nitrogens with zero attached hydrogens (tertiary/aromatic N) is 3. The third-order valence-corrected chi connectivity index (χ3v) is 3.20. The van der Waals surface area contributed by atoms with Gasteiger partial charge in [0.25, 0.3) is 0 Å². The zero-order chi connectivity index (χ0) is 14.0. The number of aromatic carboxylic acids is 1. The molecule has 0 spiro atoms. The summed E-state index contributed by atoms with van der Waals surface area (Å²) >= 11 is 0. The number of rotatable bonds is 4. The van der Waals surface area contributed by atoms with Gasteiger partial charge in [-0.05, 0) is 32.4 Å². The Labute approximate surface area is 111 Å². The molecule has 0 amide bonds. The first-order valence-electron chi connectivity index (χ1n) is 6.16. The van der Waals surface area contributed by atoms with Crippen molar-refractivity contribution in [3.63, 3.8) is 0 Å². The highest BCUT2D eigenvalue weighted by atomic mass is 16.4. The normalized spacial score (nSPS) is 10.7. The molecule has 0 saturated carbocycles. The molecule has 1 N–H and O–H groups in total. The van der Waals surface area contributed by atoms with E-state index in [1.165, 1.54) is 0 Å². The van der Waals surface area contributed by atoms with E-state index in [9.17, 15) is 4.79 Å². The van der Waals surface area contributed by atoms with Crippen LogP contribution in [0, 0.1) is 20.8 Å². The van der Waals surface area contributed by atoms with E-state index in [2.05, 4.69) is 9.97 Å². The van der Waals surface area contributed by atoms with Crippen LogP contribution in [0.4, 0.5) is 0 Å². The van der Waals surface area contributed by atoms with Crippen LogP contribution in [-0.2, 0) is 13.0 Å². The summed E-state index contributed by atoms with van der Waals surface area (Å²) in [7, 11) is 0. The molecule has 0 aliphatic heterocycles. The molecule has 2 heterocycles.